The number of nitrogens with zero attached hydrogens (tertiary/aromatic N) is 3. The van der Waals surface area contributed by atoms with Gasteiger partial charge >= 0.3 is 0 Å². The molecule has 1 amide bonds. The Morgan fingerprint density at radius 3 is 3.00 bits per heavy atom. The number of amides is 1. The van der Waals surface area contributed by atoms with E-state index in [1.54, 1.807) is 7.05 Å². The van der Waals surface area contributed by atoms with Gasteiger partial charge in [0.2, 0.25) is 5.91 Å². The molecule has 2 rings (SSSR count). The van der Waals surface area contributed by atoms with Gasteiger partial charge in [-0.1, -0.05) is 29.8 Å². The summed E-state index contributed by atoms with van der Waals surface area (Å²) >= 11 is 0. The molecule has 5 heteroatoms. The topological polar surface area (TPSA) is 70.7 Å². The van der Waals surface area contributed by atoms with E-state index in [2.05, 4.69) is 10.4 Å². The number of benzene rings is 1. The quantitative estimate of drug-likeness (QED) is 0.907. The molecule has 0 bridgehead atoms. The van der Waals surface area contributed by atoms with Gasteiger partial charge in [-0.25, -0.2) is 0 Å². The van der Waals surface area contributed by atoms with Crippen LogP contribution in [0.15, 0.2) is 30.5 Å². The van der Waals surface area contributed by atoms with E-state index in [1.807, 2.05) is 37.3 Å². The zero-order valence-corrected chi connectivity index (χ0v) is 10.8. The van der Waals surface area contributed by atoms with Gasteiger partial charge in [0.15, 0.2) is 0 Å². The first kappa shape index (κ1) is 12.8. The summed E-state index contributed by atoms with van der Waals surface area (Å²) in [6.07, 6.45) is 1.71. The summed E-state index contributed by atoms with van der Waals surface area (Å²) in [7, 11) is 1.68. The number of aromatic nitrogens is 2. The maximum atomic E-state index is 11.9. The van der Waals surface area contributed by atoms with Crippen molar-refractivity contribution in [1.82, 2.24) is 9.78 Å². The highest BCUT2D eigenvalue weighted by molar-refractivity contribution is 5.92. The van der Waals surface area contributed by atoms with Crippen LogP contribution < -0.4 is 5.32 Å². The molecule has 0 aliphatic carbocycles. The maximum Gasteiger partial charge on any atom is 0.229 e. The van der Waals surface area contributed by atoms with Crippen LogP contribution in [0.4, 0.5) is 5.82 Å². The molecule has 1 N–H and O–H groups in total. The van der Waals surface area contributed by atoms with Crippen LogP contribution >= 0.6 is 0 Å². The molecule has 0 spiro atoms. The lowest BCUT2D eigenvalue weighted by Gasteiger charge is -2.06. The van der Waals surface area contributed by atoms with Gasteiger partial charge in [0.1, 0.15) is 17.5 Å². The number of aryl methyl sites for hydroxylation is 2. The number of rotatable bonds is 3. The molecule has 1 heterocycles. The number of carbonyl (C=O) groups is 1. The van der Waals surface area contributed by atoms with E-state index in [-0.39, 0.29) is 12.3 Å². The first-order valence-corrected chi connectivity index (χ1v) is 5.87. The first-order chi connectivity index (χ1) is 9.10. The van der Waals surface area contributed by atoms with E-state index in [0.717, 1.165) is 11.1 Å². The van der Waals surface area contributed by atoms with Crippen LogP contribution in [0.5, 0.6) is 0 Å². The molecule has 19 heavy (non-hydrogen) atoms. The smallest absolute Gasteiger partial charge is 0.229 e. The molecule has 0 radical (unpaired) electrons. The van der Waals surface area contributed by atoms with Gasteiger partial charge in [-0.15, -0.1) is 0 Å². The van der Waals surface area contributed by atoms with Crippen molar-refractivity contribution in [2.24, 2.45) is 7.05 Å². The molecule has 0 unspecified atom stereocenters. The van der Waals surface area contributed by atoms with Crippen molar-refractivity contribution in [2.45, 2.75) is 13.3 Å². The fourth-order valence-corrected chi connectivity index (χ4v) is 1.85. The van der Waals surface area contributed by atoms with Gasteiger partial charge in [0.25, 0.3) is 0 Å². The Kier molecular flexibility index (Phi) is 3.62. The number of anilines is 1. The van der Waals surface area contributed by atoms with Crippen molar-refractivity contribution >= 4 is 11.7 Å². The number of carbonyl (C=O) groups excluding carboxylic acids is 1. The molecule has 0 fully saturated rings. The highest BCUT2D eigenvalue weighted by atomic mass is 16.1. The lowest BCUT2D eigenvalue weighted by molar-refractivity contribution is -0.115. The van der Waals surface area contributed by atoms with E-state index in [0.29, 0.717) is 11.4 Å². The van der Waals surface area contributed by atoms with E-state index >= 15 is 0 Å². The van der Waals surface area contributed by atoms with Gasteiger partial charge in [-0.2, -0.15) is 10.4 Å². The van der Waals surface area contributed by atoms with Gasteiger partial charge < -0.3 is 5.32 Å². The Hall–Kier alpha value is -2.61. The number of nitrogens with one attached hydrogen (secondary N) is 1. The molecule has 0 atom stereocenters. The van der Waals surface area contributed by atoms with Crippen molar-refractivity contribution < 1.29 is 4.79 Å². The van der Waals surface area contributed by atoms with Crippen molar-refractivity contribution in [3.05, 3.63) is 47.2 Å². The van der Waals surface area contributed by atoms with E-state index in [1.165, 1.54) is 10.9 Å². The second kappa shape index (κ2) is 5.36. The van der Waals surface area contributed by atoms with Gasteiger partial charge in [-0.3, -0.25) is 9.48 Å². The first-order valence-electron chi connectivity index (χ1n) is 5.87. The third-order valence-corrected chi connectivity index (χ3v) is 2.76. The van der Waals surface area contributed by atoms with E-state index < -0.39 is 0 Å². The largest absolute Gasteiger partial charge is 0.310 e. The van der Waals surface area contributed by atoms with Crippen LogP contribution in [0, 0.1) is 18.3 Å². The second-order valence-corrected chi connectivity index (χ2v) is 4.36. The van der Waals surface area contributed by atoms with Crippen LogP contribution in [0.3, 0.4) is 0 Å². The average molecular weight is 254 g/mol. The third kappa shape index (κ3) is 2.99. The van der Waals surface area contributed by atoms with Crippen molar-refractivity contribution in [2.75, 3.05) is 5.32 Å². The molecule has 0 aliphatic heterocycles. The molecule has 0 saturated heterocycles. The predicted octanol–water partition coefficient (Wildman–Crippen LogP) is 1.78. The molecular weight excluding hydrogens is 240 g/mol. The van der Waals surface area contributed by atoms with Crippen LogP contribution in [0.25, 0.3) is 0 Å². The molecule has 1 aromatic heterocycles. The molecule has 2 aromatic rings. The van der Waals surface area contributed by atoms with Crippen molar-refractivity contribution in [3.8, 4) is 6.07 Å². The Balaban J connectivity index is 2.10. The van der Waals surface area contributed by atoms with Crippen LogP contribution in [-0.2, 0) is 18.3 Å². The van der Waals surface area contributed by atoms with Crippen molar-refractivity contribution in [1.29, 1.82) is 5.26 Å². The Labute approximate surface area is 111 Å². The highest BCUT2D eigenvalue weighted by Crippen LogP contribution is 2.13. The van der Waals surface area contributed by atoms with Gasteiger partial charge in [-0.05, 0) is 12.5 Å². The summed E-state index contributed by atoms with van der Waals surface area (Å²) < 4.78 is 1.48. The zero-order chi connectivity index (χ0) is 13.8. The minimum Gasteiger partial charge on any atom is -0.310 e. The fourth-order valence-electron chi connectivity index (χ4n) is 1.85. The molecule has 1 aromatic carbocycles. The third-order valence-electron chi connectivity index (χ3n) is 2.76. The molecule has 5 nitrogen and oxygen atoms in total. The van der Waals surface area contributed by atoms with E-state index in [9.17, 15) is 4.79 Å². The van der Waals surface area contributed by atoms with Gasteiger partial charge in [0.05, 0.1) is 12.6 Å². The number of hydrogen-bond acceptors (Lipinski definition) is 3. The van der Waals surface area contributed by atoms with E-state index in [4.69, 9.17) is 5.26 Å². The second-order valence-electron chi connectivity index (χ2n) is 4.36. The monoisotopic (exact) mass is 254 g/mol. The van der Waals surface area contributed by atoms with Crippen LogP contribution in [0.2, 0.25) is 0 Å². The van der Waals surface area contributed by atoms with Crippen LogP contribution in [-0.4, -0.2) is 15.7 Å². The van der Waals surface area contributed by atoms with Gasteiger partial charge in [0, 0.05) is 7.05 Å². The van der Waals surface area contributed by atoms with Crippen LogP contribution in [0.1, 0.15) is 16.7 Å². The minimum absolute atomic E-state index is 0.161. The standard InChI is InChI=1S/C14H14N4O/c1-10-4-3-5-11(6-10)7-13(19)17-14-12(8-15)9-16-18(14)2/h3-6,9H,7H2,1-2H3,(H,17,19). The molecular formula is C14H14N4O. The summed E-state index contributed by atoms with van der Waals surface area (Å²) in [4.78, 5) is 11.9. The Morgan fingerprint density at radius 2 is 2.32 bits per heavy atom. The SMILES string of the molecule is Cc1cccc(CC(=O)Nc2c(C#N)cnn2C)c1. The lowest BCUT2D eigenvalue weighted by atomic mass is 10.1. The summed E-state index contributed by atoms with van der Waals surface area (Å²) in [6.45, 7) is 1.98. The Morgan fingerprint density at radius 1 is 1.53 bits per heavy atom. The summed E-state index contributed by atoms with van der Waals surface area (Å²) in [5.41, 5.74) is 2.42. The molecule has 0 saturated carbocycles. The molecule has 0 aliphatic rings. The minimum atomic E-state index is -0.161. The zero-order valence-electron chi connectivity index (χ0n) is 10.8. The summed E-state index contributed by atoms with van der Waals surface area (Å²) in [5, 5.41) is 15.6. The summed E-state index contributed by atoms with van der Waals surface area (Å²) in [6, 6.07) is 9.77. The number of nitriles is 1. The average Bonchev–Trinajstić information content (AvgIpc) is 2.70. The number of hydrogen-bond donors (Lipinski definition) is 1. The summed E-state index contributed by atoms with van der Waals surface area (Å²) in [5.74, 6) is 0.269. The van der Waals surface area contributed by atoms with Crippen molar-refractivity contribution in [3.63, 3.8) is 0 Å². The normalized spacial score (nSPS) is 9.95. The Bertz CT molecular complexity index is 652. The highest BCUT2D eigenvalue weighted by Gasteiger charge is 2.11. The predicted molar refractivity (Wildman–Crippen MR) is 71.4 cm³/mol. The fraction of sp³-hybridized carbons (Fsp3) is 0.214. The maximum absolute atomic E-state index is 11.9. The lowest BCUT2D eigenvalue weighted by Crippen LogP contribution is -2.17. The molecule has 96 valence electrons.